The Kier molecular flexibility index (Phi) is 13.5. The second-order valence-corrected chi connectivity index (χ2v) is 22.3. The third-order valence-corrected chi connectivity index (χ3v) is 15.7. The molecule has 0 saturated carbocycles. The molecule has 0 N–H and O–H groups in total. The summed E-state index contributed by atoms with van der Waals surface area (Å²) < 4.78 is 0. The summed E-state index contributed by atoms with van der Waals surface area (Å²) in [5.74, 6) is 1.11. The van der Waals surface area contributed by atoms with Crippen molar-refractivity contribution in [1.82, 2.24) is 0 Å². The zero-order chi connectivity index (χ0) is 49.4. The average molecular weight is 892 g/mol. The van der Waals surface area contributed by atoms with Crippen LogP contribution in [0.25, 0.3) is 0 Å². The van der Waals surface area contributed by atoms with Crippen LogP contribution < -0.4 is 54.1 Å². The topological polar surface area (TPSA) is 3.24 Å². The van der Waals surface area contributed by atoms with Gasteiger partial charge in [0.25, 0.3) is 0 Å². The number of hydrogen-bond donors (Lipinski definition) is 0. The Morgan fingerprint density at radius 3 is 0.897 bits per heavy atom. The molecule has 1 heterocycles. The van der Waals surface area contributed by atoms with Crippen molar-refractivity contribution in [2.75, 3.05) is 11.9 Å². The summed E-state index contributed by atoms with van der Waals surface area (Å²) in [7, 11) is 2.31. The average Bonchev–Trinajstić information content (AvgIpc) is 3.23. The highest BCUT2D eigenvalue weighted by Crippen LogP contribution is 2.31. The molecular weight excluding hydrogens is 815 g/mol. The molecule has 0 bridgehead atoms. The van der Waals surface area contributed by atoms with Gasteiger partial charge in [-0.25, -0.2) is 0 Å². The summed E-state index contributed by atoms with van der Waals surface area (Å²) in [6, 6.07) is 39.5. The molecule has 0 saturated heterocycles. The van der Waals surface area contributed by atoms with E-state index in [1.54, 1.807) is 0 Å². The molecule has 7 aromatic carbocycles. The van der Waals surface area contributed by atoms with E-state index in [1.165, 1.54) is 144 Å². The fourth-order valence-corrected chi connectivity index (χ4v) is 13.1. The molecule has 0 fully saturated rings. The lowest BCUT2D eigenvalue weighted by atomic mass is 9.29. The van der Waals surface area contributed by atoms with Gasteiger partial charge in [0.2, 0.25) is 20.1 Å². The van der Waals surface area contributed by atoms with E-state index in [2.05, 4.69) is 234 Å². The van der Waals surface area contributed by atoms with Crippen LogP contribution in [-0.4, -0.2) is 27.2 Å². The van der Waals surface area contributed by atoms with Crippen molar-refractivity contribution >= 4 is 80.7 Å². The molecule has 0 spiro atoms. The van der Waals surface area contributed by atoms with Crippen LogP contribution in [0.3, 0.4) is 0 Å². The highest BCUT2D eigenvalue weighted by Gasteiger charge is 2.40. The van der Waals surface area contributed by atoms with Gasteiger partial charge in [-0.2, -0.15) is 0 Å². The predicted molar refractivity (Wildman–Crippen MR) is 306 cm³/mol. The van der Waals surface area contributed by atoms with Crippen molar-refractivity contribution in [3.8, 4) is 0 Å². The summed E-state index contributed by atoms with van der Waals surface area (Å²) >= 11 is 0. The van der Waals surface area contributed by atoms with Gasteiger partial charge in [0.1, 0.15) is 0 Å². The Hall–Kier alpha value is -5.47. The molecule has 4 heteroatoms. The first kappa shape index (κ1) is 49.0. The highest BCUT2D eigenvalue weighted by atomic mass is 15.1. The Morgan fingerprint density at radius 2 is 0.647 bits per heavy atom. The van der Waals surface area contributed by atoms with Crippen molar-refractivity contribution in [1.29, 1.82) is 0 Å². The SMILES string of the molecule is Cc1cc(C)c(B(c2ccc3c(c2)B(c2c(C(C)C)cc(C(C)C)cc2C(C)C)c2cc(B(c4c(C)cc(C)cc4C)c4c(C)cc(C)cc4C)ccc2N3C)c2c(C)cc(C)cc2C)c(C)c1. The third-order valence-electron chi connectivity index (χ3n) is 15.7. The van der Waals surface area contributed by atoms with E-state index in [9.17, 15) is 0 Å². The van der Waals surface area contributed by atoms with Gasteiger partial charge in [-0.05, 0) is 141 Å². The van der Waals surface area contributed by atoms with Crippen LogP contribution in [-0.2, 0) is 0 Å². The highest BCUT2D eigenvalue weighted by molar-refractivity contribution is 7.01. The molecule has 0 atom stereocenters. The Morgan fingerprint density at radius 1 is 0.368 bits per heavy atom. The minimum atomic E-state index is 0.00857. The smallest absolute Gasteiger partial charge is 0.247 e. The van der Waals surface area contributed by atoms with E-state index in [0.29, 0.717) is 17.8 Å². The summed E-state index contributed by atoms with van der Waals surface area (Å²) in [6.45, 7) is 42.2. The van der Waals surface area contributed by atoms with Crippen LogP contribution in [0, 0.1) is 83.1 Å². The molecular formula is C64H76B3N. The normalized spacial score (nSPS) is 12.4. The van der Waals surface area contributed by atoms with E-state index < -0.39 is 0 Å². The van der Waals surface area contributed by atoms with Crippen molar-refractivity contribution in [3.05, 3.63) is 181 Å². The van der Waals surface area contributed by atoms with Crippen molar-refractivity contribution in [2.24, 2.45) is 0 Å². The Bertz CT molecular complexity index is 2700. The van der Waals surface area contributed by atoms with Gasteiger partial charge in [0.05, 0.1) is 0 Å². The minimum absolute atomic E-state index is 0.00857. The standard InChI is InChI=1S/C64H76B3N/c1-36(2)51-32-54(37(3)4)64(55(33-51)38(5)6)67-56-34-52(65(60-43(11)24-39(7)25-44(60)12)61-45(13)26-40(8)27-46(61)14)20-22-58(56)68(19)59-23-21-53(35-57(59)67)66(62-47(15)28-41(9)29-48(62)16)63-49(17)30-42(10)31-50(63)18/h20-38H,1-19H3. The van der Waals surface area contributed by atoms with Crippen LogP contribution >= 0.6 is 0 Å². The molecule has 1 aliphatic heterocycles. The van der Waals surface area contributed by atoms with E-state index in [-0.39, 0.29) is 20.1 Å². The van der Waals surface area contributed by atoms with Gasteiger partial charge in [0, 0.05) is 18.4 Å². The third kappa shape index (κ3) is 8.76. The van der Waals surface area contributed by atoms with Crippen molar-refractivity contribution in [2.45, 2.75) is 142 Å². The lowest BCUT2D eigenvalue weighted by Crippen LogP contribution is -2.63. The van der Waals surface area contributed by atoms with E-state index in [0.717, 1.165) is 0 Å². The van der Waals surface area contributed by atoms with Crippen LogP contribution in [0.2, 0.25) is 0 Å². The first-order valence-electron chi connectivity index (χ1n) is 25.6. The minimum Gasteiger partial charge on any atom is -0.345 e. The van der Waals surface area contributed by atoms with Crippen LogP contribution in [0.4, 0.5) is 11.4 Å². The van der Waals surface area contributed by atoms with Gasteiger partial charge in [-0.15, -0.1) is 0 Å². The lowest BCUT2D eigenvalue weighted by Gasteiger charge is -2.38. The molecule has 0 aliphatic carbocycles. The number of anilines is 2. The van der Waals surface area contributed by atoms with E-state index in [1.807, 2.05) is 0 Å². The molecule has 1 aliphatic rings. The molecule has 8 rings (SSSR count). The molecule has 7 aromatic rings. The fourth-order valence-electron chi connectivity index (χ4n) is 13.1. The Labute approximate surface area is 413 Å². The Balaban J connectivity index is 1.51. The summed E-state index contributed by atoms with van der Waals surface area (Å²) in [5.41, 5.74) is 35.8. The van der Waals surface area contributed by atoms with Gasteiger partial charge in [0.15, 0.2) is 0 Å². The van der Waals surface area contributed by atoms with E-state index >= 15 is 0 Å². The van der Waals surface area contributed by atoms with Gasteiger partial charge < -0.3 is 4.90 Å². The maximum absolute atomic E-state index is 2.65. The number of hydrogen-bond acceptors (Lipinski definition) is 1. The fraction of sp³-hybridized carbons (Fsp3) is 0.344. The lowest BCUT2D eigenvalue weighted by molar-refractivity contribution is 0.812. The zero-order valence-corrected chi connectivity index (χ0v) is 45.1. The molecule has 0 unspecified atom stereocenters. The maximum Gasteiger partial charge on any atom is 0.247 e. The molecule has 346 valence electrons. The molecule has 0 radical (unpaired) electrons. The zero-order valence-electron chi connectivity index (χ0n) is 45.1. The van der Waals surface area contributed by atoms with Crippen LogP contribution in [0.5, 0.6) is 0 Å². The summed E-state index contributed by atoms with van der Waals surface area (Å²) in [4.78, 5) is 2.50. The van der Waals surface area contributed by atoms with E-state index in [4.69, 9.17) is 0 Å². The summed E-state index contributed by atoms with van der Waals surface area (Å²) in [6.07, 6.45) is 0. The van der Waals surface area contributed by atoms with Crippen molar-refractivity contribution in [3.63, 3.8) is 0 Å². The molecule has 0 amide bonds. The first-order valence-corrected chi connectivity index (χ1v) is 25.6. The maximum atomic E-state index is 2.65. The summed E-state index contributed by atoms with van der Waals surface area (Å²) in [5, 5.41) is 0. The van der Waals surface area contributed by atoms with Crippen LogP contribution in [0.1, 0.15) is 143 Å². The number of rotatable bonds is 10. The predicted octanol–water partition coefficient (Wildman–Crippen LogP) is 10.4. The van der Waals surface area contributed by atoms with Crippen molar-refractivity contribution < 1.29 is 0 Å². The first-order chi connectivity index (χ1) is 32.1. The van der Waals surface area contributed by atoms with Gasteiger partial charge >= 0.3 is 0 Å². The number of fused-ring (bicyclic) bond motifs is 2. The quantitative estimate of drug-likeness (QED) is 0.124. The van der Waals surface area contributed by atoms with Crippen LogP contribution in [0.15, 0.2) is 97.1 Å². The molecule has 0 aromatic heterocycles. The second-order valence-electron chi connectivity index (χ2n) is 22.3. The second kappa shape index (κ2) is 18.8. The number of aryl methyl sites for hydroxylation is 12. The molecule has 1 nitrogen and oxygen atoms in total. The largest absolute Gasteiger partial charge is 0.345 e. The van der Waals surface area contributed by atoms with Gasteiger partial charge in [-0.3, -0.25) is 0 Å². The number of nitrogens with zero attached hydrogens (tertiary/aromatic N) is 1. The number of benzene rings is 7. The van der Waals surface area contributed by atoms with Gasteiger partial charge in [-0.1, -0.05) is 231 Å². The molecule has 68 heavy (non-hydrogen) atoms. The monoisotopic (exact) mass is 892 g/mol.